The molecule has 2 unspecified atom stereocenters. The maximum atomic E-state index is 13.6. The normalized spacial score (nSPS) is 12.9. The van der Waals surface area contributed by atoms with Gasteiger partial charge in [0.1, 0.15) is 18.3 Å². The van der Waals surface area contributed by atoms with Crippen molar-refractivity contribution in [1.82, 2.24) is 4.98 Å². The maximum Gasteiger partial charge on any atom is 0.227 e. The third-order valence-electron chi connectivity index (χ3n) is 5.29. The number of aromatic amines is 1. The molecule has 0 amide bonds. The van der Waals surface area contributed by atoms with E-state index in [4.69, 9.17) is 4.42 Å². The molecule has 0 fully saturated rings. The third kappa shape index (κ3) is 3.73. The fourth-order valence-electron chi connectivity index (χ4n) is 3.77. The van der Waals surface area contributed by atoms with Gasteiger partial charge in [0.15, 0.2) is 11.5 Å². The summed E-state index contributed by atoms with van der Waals surface area (Å²) in [7, 11) is 0. The molecule has 2 aromatic carbocycles. The molecule has 32 heavy (non-hydrogen) atoms. The standard InChI is InChI=1S/C24H17BrN2O5/c25-18-7-3-1-6-15(18)21(24-23(31)20(29)9-13(12-28)32-24)16(10-26)22(30)17-11-27-19-8-4-2-5-14(17)19/h1-9,11,16,21,27-28,31H,12H2. The van der Waals surface area contributed by atoms with Crippen LogP contribution < -0.4 is 5.43 Å². The summed E-state index contributed by atoms with van der Waals surface area (Å²) in [5.74, 6) is -4.01. The molecule has 0 bridgehead atoms. The molecule has 160 valence electrons. The van der Waals surface area contributed by atoms with Crippen LogP contribution in [0.25, 0.3) is 10.9 Å². The molecule has 0 radical (unpaired) electrons. The molecule has 0 saturated heterocycles. The van der Waals surface area contributed by atoms with Crippen LogP contribution >= 0.6 is 15.9 Å². The number of carbonyl (C=O) groups is 1. The van der Waals surface area contributed by atoms with E-state index in [2.05, 4.69) is 20.9 Å². The fourth-order valence-corrected chi connectivity index (χ4v) is 4.30. The molecule has 0 saturated carbocycles. The predicted octanol–water partition coefficient (Wildman–Crippen LogP) is 4.24. The molecule has 0 aliphatic rings. The van der Waals surface area contributed by atoms with E-state index in [1.165, 1.54) is 6.20 Å². The van der Waals surface area contributed by atoms with Crippen molar-refractivity contribution in [2.24, 2.45) is 5.92 Å². The molecule has 3 N–H and O–H groups in total. The van der Waals surface area contributed by atoms with E-state index >= 15 is 0 Å². The molecular weight excluding hydrogens is 476 g/mol. The van der Waals surface area contributed by atoms with E-state index in [1.54, 1.807) is 36.4 Å². The van der Waals surface area contributed by atoms with Gasteiger partial charge in [-0.1, -0.05) is 52.3 Å². The molecule has 8 heteroatoms. The minimum absolute atomic E-state index is 0.0870. The van der Waals surface area contributed by atoms with E-state index in [-0.39, 0.29) is 11.5 Å². The van der Waals surface area contributed by atoms with Gasteiger partial charge < -0.3 is 19.6 Å². The molecule has 7 nitrogen and oxygen atoms in total. The number of halogens is 1. The molecular formula is C24H17BrN2O5. The second kappa shape index (κ2) is 8.83. The van der Waals surface area contributed by atoms with Crippen LogP contribution in [0.4, 0.5) is 0 Å². The lowest BCUT2D eigenvalue weighted by Crippen LogP contribution is -2.24. The van der Waals surface area contributed by atoms with Crippen molar-refractivity contribution in [3.05, 3.63) is 98.1 Å². The number of aromatic nitrogens is 1. The lowest BCUT2D eigenvalue weighted by Gasteiger charge is -2.23. The number of rotatable bonds is 6. The van der Waals surface area contributed by atoms with Gasteiger partial charge in [-0.25, -0.2) is 0 Å². The zero-order valence-corrected chi connectivity index (χ0v) is 18.2. The van der Waals surface area contributed by atoms with Gasteiger partial charge in [-0.2, -0.15) is 5.26 Å². The highest BCUT2D eigenvalue weighted by molar-refractivity contribution is 9.10. The lowest BCUT2D eigenvalue weighted by molar-refractivity contribution is 0.0935. The smallest absolute Gasteiger partial charge is 0.227 e. The van der Waals surface area contributed by atoms with Crippen molar-refractivity contribution in [1.29, 1.82) is 5.26 Å². The van der Waals surface area contributed by atoms with Gasteiger partial charge in [0.05, 0.1) is 12.0 Å². The first kappa shape index (κ1) is 21.6. The second-order valence-electron chi connectivity index (χ2n) is 7.17. The maximum absolute atomic E-state index is 13.6. The summed E-state index contributed by atoms with van der Waals surface area (Å²) >= 11 is 3.43. The van der Waals surface area contributed by atoms with E-state index in [0.717, 1.165) is 11.6 Å². The molecule has 0 spiro atoms. The topological polar surface area (TPSA) is 127 Å². The van der Waals surface area contributed by atoms with Crippen LogP contribution in [0.5, 0.6) is 5.75 Å². The Labute approximate surface area is 190 Å². The van der Waals surface area contributed by atoms with Crippen molar-refractivity contribution in [2.75, 3.05) is 0 Å². The molecule has 0 aliphatic heterocycles. The number of benzene rings is 2. The van der Waals surface area contributed by atoms with Crippen LogP contribution in [0.1, 0.15) is 33.4 Å². The van der Waals surface area contributed by atoms with Gasteiger partial charge >= 0.3 is 0 Å². The first-order chi connectivity index (χ1) is 15.5. The van der Waals surface area contributed by atoms with Crippen LogP contribution in [0.3, 0.4) is 0 Å². The first-order valence-electron chi connectivity index (χ1n) is 9.67. The third-order valence-corrected chi connectivity index (χ3v) is 6.01. The second-order valence-corrected chi connectivity index (χ2v) is 8.02. The van der Waals surface area contributed by atoms with Crippen LogP contribution in [0.15, 0.2) is 74.5 Å². The molecule has 0 aliphatic carbocycles. The molecule has 4 rings (SSSR count). The Hall–Kier alpha value is -3.67. The Bertz CT molecular complexity index is 1420. The molecule has 2 aromatic heterocycles. The van der Waals surface area contributed by atoms with E-state index < -0.39 is 35.4 Å². The van der Waals surface area contributed by atoms with Crippen LogP contribution in [-0.4, -0.2) is 21.0 Å². The average Bonchev–Trinajstić information content (AvgIpc) is 3.24. The number of para-hydroxylation sites is 1. The fraction of sp³-hybridized carbons (Fsp3) is 0.125. The first-order valence-corrected chi connectivity index (χ1v) is 10.5. The van der Waals surface area contributed by atoms with Crippen molar-refractivity contribution < 1.29 is 19.4 Å². The number of nitriles is 1. The highest BCUT2D eigenvalue weighted by Crippen LogP contribution is 2.41. The highest BCUT2D eigenvalue weighted by atomic mass is 79.9. The van der Waals surface area contributed by atoms with Gasteiger partial charge in [0.2, 0.25) is 11.2 Å². The summed E-state index contributed by atoms with van der Waals surface area (Å²) < 4.78 is 6.18. The minimum atomic E-state index is -1.34. The van der Waals surface area contributed by atoms with Crippen LogP contribution in [0, 0.1) is 17.2 Å². The Morgan fingerprint density at radius 2 is 1.91 bits per heavy atom. The lowest BCUT2D eigenvalue weighted by atomic mass is 9.80. The summed E-state index contributed by atoms with van der Waals surface area (Å²) in [6.45, 7) is -0.585. The zero-order chi connectivity index (χ0) is 22.8. The average molecular weight is 493 g/mol. The highest BCUT2D eigenvalue weighted by Gasteiger charge is 2.38. The molecule has 2 atom stereocenters. The summed E-state index contributed by atoms with van der Waals surface area (Å²) in [5.41, 5.74) is 0.746. The monoisotopic (exact) mass is 492 g/mol. The van der Waals surface area contributed by atoms with Crippen LogP contribution in [-0.2, 0) is 6.61 Å². The van der Waals surface area contributed by atoms with Gasteiger partial charge in [0, 0.05) is 33.2 Å². The van der Waals surface area contributed by atoms with Crippen molar-refractivity contribution in [3.63, 3.8) is 0 Å². The number of Topliss-reactive ketones (excluding diaryl/α,β-unsaturated/α-hetero) is 1. The number of hydrogen-bond donors (Lipinski definition) is 3. The number of nitrogens with one attached hydrogen (secondary N) is 1. The number of nitrogens with zero attached hydrogens (tertiary/aromatic N) is 1. The van der Waals surface area contributed by atoms with Gasteiger partial charge in [-0.05, 0) is 17.7 Å². The predicted molar refractivity (Wildman–Crippen MR) is 120 cm³/mol. The summed E-state index contributed by atoms with van der Waals surface area (Å²) in [6.07, 6.45) is 1.54. The number of carbonyl (C=O) groups excluding carboxylic acids is 1. The Kier molecular flexibility index (Phi) is 5.95. The quantitative estimate of drug-likeness (QED) is 0.345. The Morgan fingerprint density at radius 3 is 2.62 bits per heavy atom. The number of aliphatic hydroxyl groups excluding tert-OH is 1. The van der Waals surface area contributed by atoms with E-state index in [9.17, 15) is 25.1 Å². The Morgan fingerprint density at radius 1 is 1.19 bits per heavy atom. The van der Waals surface area contributed by atoms with Crippen molar-refractivity contribution in [3.8, 4) is 11.8 Å². The number of aliphatic hydroxyl groups is 1. The zero-order valence-electron chi connectivity index (χ0n) is 16.6. The minimum Gasteiger partial charge on any atom is -0.502 e. The van der Waals surface area contributed by atoms with Crippen molar-refractivity contribution in [2.45, 2.75) is 12.5 Å². The molecule has 2 heterocycles. The SMILES string of the molecule is N#CC(C(=O)c1c[nH]c2ccccc12)C(c1ccccc1Br)c1oc(CO)cc(=O)c1O. The summed E-state index contributed by atoms with van der Waals surface area (Å²) in [6, 6.07) is 17.1. The van der Waals surface area contributed by atoms with Gasteiger partial charge in [-0.15, -0.1) is 0 Å². The molecule has 4 aromatic rings. The van der Waals surface area contributed by atoms with Crippen molar-refractivity contribution >= 4 is 32.6 Å². The van der Waals surface area contributed by atoms with E-state index in [1.807, 2.05) is 18.2 Å². The van der Waals surface area contributed by atoms with Gasteiger partial charge in [0.25, 0.3) is 0 Å². The largest absolute Gasteiger partial charge is 0.502 e. The van der Waals surface area contributed by atoms with E-state index in [0.29, 0.717) is 21.0 Å². The Balaban J connectivity index is 1.95. The number of ketones is 1. The van der Waals surface area contributed by atoms with Crippen LogP contribution in [0.2, 0.25) is 0 Å². The summed E-state index contributed by atoms with van der Waals surface area (Å²) in [4.78, 5) is 28.9. The number of fused-ring (bicyclic) bond motifs is 1. The number of H-pyrrole nitrogens is 1. The van der Waals surface area contributed by atoms with Gasteiger partial charge in [-0.3, -0.25) is 9.59 Å². The number of aromatic hydroxyl groups is 1. The number of hydrogen-bond acceptors (Lipinski definition) is 6. The summed E-state index contributed by atoms with van der Waals surface area (Å²) in [5, 5.41) is 30.8.